The van der Waals surface area contributed by atoms with E-state index >= 15 is 0 Å². The van der Waals surface area contributed by atoms with Crippen molar-refractivity contribution in [3.05, 3.63) is 40.3 Å². The second-order valence-corrected chi connectivity index (χ2v) is 5.30. The Kier molecular flexibility index (Phi) is 5.39. The number of hydrogen-bond donors (Lipinski definition) is 1. The molecule has 0 saturated carbocycles. The van der Waals surface area contributed by atoms with Crippen LogP contribution >= 0.6 is 0 Å². The summed E-state index contributed by atoms with van der Waals surface area (Å²) < 4.78 is 6.10. The molecule has 2 aromatic rings. The summed E-state index contributed by atoms with van der Waals surface area (Å²) in [7, 11) is 0. The van der Waals surface area contributed by atoms with E-state index in [2.05, 4.69) is 5.10 Å². The van der Waals surface area contributed by atoms with Gasteiger partial charge in [-0.1, -0.05) is 18.2 Å². The highest BCUT2D eigenvalue weighted by Gasteiger charge is 2.23. The molecule has 8 heteroatoms. The van der Waals surface area contributed by atoms with E-state index in [4.69, 9.17) is 15.4 Å². The number of aryl methyl sites for hydroxylation is 1. The molecule has 0 fully saturated rings. The van der Waals surface area contributed by atoms with Gasteiger partial charge >= 0.3 is 5.97 Å². The zero-order valence-corrected chi connectivity index (χ0v) is 13.8. The van der Waals surface area contributed by atoms with Crippen molar-refractivity contribution in [3.63, 3.8) is 0 Å². The van der Waals surface area contributed by atoms with E-state index in [1.807, 2.05) is 0 Å². The van der Waals surface area contributed by atoms with E-state index in [1.54, 1.807) is 37.3 Å². The molecule has 0 radical (unpaired) electrons. The predicted molar refractivity (Wildman–Crippen MR) is 89.5 cm³/mol. The van der Waals surface area contributed by atoms with Gasteiger partial charge in [0.1, 0.15) is 5.92 Å². The number of hydrogen-bond acceptors (Lipinski definition) is 7. The van der Waals surface area contributed by atoms with Crippen molar-refractivity contribution in [2.24, 2.45) is 5.92 Å². The molecule has 25 heavy (non-hydrogen) atoms. The highest BCUT2D eigenvalue weighted by molar-refractivity contribution is 6.07. The Morgan fingerprint density at radius 2 is 2.00 bits per heavy atom. The van der Waals surface area contributed by atoms with E-state index in [0.29, 0.717) is 10.8 Å². The largest absolute Gasteiger partial charge is 0.453 e. The number of esters is 1. The van der Waals surface area contributed by atoms with Crippen molar-refractivity contribution in [1.29, 1.82) is 10.7 Å². The van der Waals surface area contributed by atoms with Gasteiger partial charge in [-0.05, 0) is 19.9 Å². The van der Waals surface area contributed by atoms with Crippen LogP contribution in [-0.2, 0) is 16.1 Å². The Balaban J connectivity index is 2.33. The van der Waals surface area contributed by atoms with Crippen molar-refractivity contribution in [1.82, 2.24) is 9.78 Å². The van der Waals surface area contributed by atoms with Crippen LogP contribution in [0.2, 0.25) is 0 Å². The number of ketones is 1. The van der Waals surface area contributed by atoms with E-state index in [9.17, 15) is 14.4 Å². The Hall–Kier alpha value is -3.34. The van der Waals surface area contributed by atoms with E-state index in [0.717, 1.165) is 4.68 Å². The Morgan fingerprint density at radius 1 is 1.36 bits per heavy atom. The molecule has 2 rings (SSSR count). The van der Waals surface area contributed by atoms with Crippen molar-refractivity contribution in [2.45, 2.75) is 20.4 Å². The number of Topliss-reactive ketones (excluding diaryl/α,β-unsaturated/α-hetero) is 1. The fourth-order valence-electron chi connectivity index (χ4n) is 2.30. The molecule has 1 heterocycles. The summed E-state index contributed by atoms with van der Waals surface area (Å²) in [5.74, 6) is -2.80. The monoisotopic (exact) mass is 340 g/mol. The van der Waals surface area contributed by atoms with Crippen LogP contribution in [0.4, 0.5) is 0 Å². The molecule has 1 aromatic heterocycles. The van der Waals surface area contributed by atoms with Crippen LogP contribution in [0, 0.1) is 22.7 Å². The highest BCUT2D eigenvalue weighted by atomic mass is 16.5. The number of nitrogens with zero attached hydrogens (tertiary/aromatic N) is 3. The van der Waals surface area contributed by atoms with Gasteiger partial charge in [0.2, 0.25) is 0 Å². The van der Waals surface area contributed by atoms with Gasteiger partial charge in [-0.3, -0.25) is 9.59 Å². The van der Waals surface area contributed by atoms with Crippen LogP contribution in [0.5, 0.6) is 0 Å². The SMILES string of the molecule is CCn1nc(C(=O)OCC(=O)[C@H](C#N)C(C)=N)c2ccccc2c1=O. The van der Waals surface area contributed by atoms with Gasteiger partial charge in [0.15, 0.2) is 18.1 Å². The average molecular weight is 340 g/mol. The fourth-order valence-corrected chi connectivity index (χ4v) is 2.30. The lowest BCUT2D eigenvalue weighted by Gasteiger charge is -2.10. The summed E-state index contributed by atoms with van der Waals surface area (Å²) in [5, 5.41) is 20.9. The zero-order valence-electron chi connectivity index (χ0n) is 13.8. The molecule has 0 amide bonds. The number of fused-ring (bicyclic) bond motifs is 1. The molecule has 0 spiro atoms. The molecule has 0 aliphatic heterocycles. The summed E-state index contributed by atoms with van der Waals surface area (Å²) >= 11 is 0. The first kappa shape index (κ1) is 18.0. The minimum absolute atomic E-state index is 0.0788. The van der Waals surface area contributed by atoms with E-state index in [-0.39, 0.29) is 23.5 Å². The van der Waals surface area contributed by atoms with Gasteiger partial charge < -0.3 is 10.1 Å². The number of rotatable bonds is 6. The molecule has 0 saturated heterocycles. The number of aromatic nitrogens is 2. The van der Waals surface area contributed by atoms with E-state index < -0.39 is 24.3 Å². The summed E-state index contributed by atoms with van der Waals surface area (Å²) in [6.07, 6.45) is 0. The lowest BCUT2D eigenvalue weighted by Crippen LogP contribution is -2.28. The first-order valence-corrected chi connectivity index (χ1v) is 7.55. The molecule has 1 aromatic carbocycles. The van der Waals surface area contributed by atoms with Crippen LogP contribution in [-0.4, -0.2) is 33.9 Å². The smallest absolute Gasteiger partial charge is 0.359 e. The van der Waals surface area contributed by atoms with Gasteiger partial charge in [0.05, 0.1) is 11.5 Å². The van der Waals surface area contributed by atoms with Crippen molar-refractivity contribution < 1.29 is 14.3 Å². The summed E-state index contributed by atoms with van der Waals surface area (Å²) in [5.41, 5.74) is -0.522. The predicted octanol–water partition coefficient (Wildman–Crippen LogP) is 1.32. The van der Waals surface area contributed by atoms with E-state index in [1.165, 1.54) is 6.92 Å². The maximum Gasteiger partial charge on any atom is 0.359 e. The second kappa shape index (κ2) is 7.49. The molecule has 1 N–H and O–H groups in total. The lowest BCUT2D eigenvalue weighted by molar-refractivity contribution is -0.122. The quantitative estimate of drug-likeness (QED) is 0.624. The number of ether oxygens (including phenoxy) is 1. The minimum atomic E-state index is -1.25. The molecule has 8 nitrogen and oxygen atoms in total. The minimum Gasteiger partial charge on any atom is -0.453 e. The molecular weight excluding hydrogens is 324 g/mol. The summed E-state index contributed by atoms with van der Waals surface area (Å²) in [6, 6.07) is 8.18. The summed E-state index contributed by atoms with van der Waals surface area (Å²) in [4.78, 5) is 36.4. The van der Waals surface area contributed by atoms with Gasteiger partial charge in [-0.15, -0.1) is 0 Å². The number of benzene rings is 1. The van der Waals surface area contributed by atoms with Crippen molar-refractivity contribution >= 4 is 28.2 Å². The third kappa shape index (κ3) is 3.61. The molecule has 0 unspecified atom stereocenters. The Morgan fingerprint density at radius 3 is 2.56 bits per heavy atom. The van der Waals surface area contributed by atoms with Crippen LogP contribution in [0.15, 0.2) is 29.1 Å². The number of nitriles is 1. The second-order valence-electron chi connectivity index (χ2n) is 5.30. The fraction of sp³-hybridized carbons (Fsp3) is 0.294. The number of carbonyl (C=O) groups excluding carboxylic acids is 2. The van der Waals surface area contributed by atoms with Gasteiger partial charge in [-0.25, -0.2) is 9.48 Å². The molecule has 1 atom stereocenters. The Bertz CT molecular complexity index is 955. The third-order valence-electron chi connectivity index (χ3n) is 3.59. The zero-order chi connectivity index (χ0) is 18.6. The van der Waals surface area contributed by atoms with Crippen LogP contribution in [0.1, 0.15) is 24.3 Å². The third-order valence-corrected chi connectivity index (χ3v) is 3.59. The maximum absolute atomic E-state index is 12.3. The molecule has 128 valence electrons. The first-order chi connectivity index (χ1) is 11.9. The van der Waals surface area contributed by atoms with Gasteiger partial charge in [0, 0.05) is 17.6 Å². The number of carbonyl (C=O) groups is 2. The standard InChI is InChI=1S/C17H16N4O4/c1-3-21-16(23)12-7-5-4-6-11(12)15(20-21)17(24)25-9-14(22)13(8-18)10(2)19/h4-7,13,19H,3,9H2,1-2H3/t13-/m1/s1. The highest BCUT2D eigenvalue weighted by Crippen LogP contribution is 2.14. The van der Waals surface area contributed by atoms with Crippen molar-refractivity contribution in [2.75, 3.05) is 6.61 Å². The number of nitrogens with one attached hydrogen (secondary N) is 1. The molecule has 0 aliphatic carbocycles. The lowest BCUT2D eigenvalue weighted by atomic mass is 10.0. The normalized spacial score (nSPS) is 11.6. The maximum atomic E-state index is 12.3. The van der Waals surface area contributed by atoms with Crippen LogP contribution < -0.4 is 5.56 Å². The first-order valence-electron chi connectivity index (χ1n) is 7.55. The van der Waals surface area contributed by atoms with Gasteiger partial charge in [-0.2, -0.15) is 10.4 Å². The topological polar surface area (TPSA) is 126 Å². The average Bonchev–Trinajstić information content (AvgIpc) is 2.60. The summed E-state index contributed by atoms with van der Waals surface area (Å²) in [6.45, 7) is 2.67. The molecular formula is C17H16N4O4. The molecule has 0 aliphatic rings. The van der Waals surface area contributed by atoms with Crippen LogP contribution in [0.3, 0.4) is 0 Å². The van der Waals surface area contributed by atoms with Crippen molar-refractivity contribution in [3.8, 4) is 6.07 Å². The molecule has 0 bridgehead atoms. The van der Waals surface area contributed by atoms with Gasteiger partial charge in [0.25, 0.3) is 5.56 Å². The Labute approximate surface area is 143 Å². The van der Waals surface area contributed by atoms with Crippen LogP contribution in [0.25, 0.3) is 10.8 Å².